The van der Waals surface area contributed by atoms with Crippen LogP contribution < -0.4 is 4.90 Å². The molecule has 3 heteroatoms. The predicted octanol–water partition coefficient (Wildman–Crippen LogP) is 14.6. The maximum absolute atomic E-state index is 6.85. The molecule has 11 rings (SSSR count). The number of hydrogen-bond donors (Lipinski definition) is 0. The number of rotatable bonds is 6. The van der Waals surface area contributed by atoms with E-state index in [0.29, 0.717) is 0 Å². The molecule has 0 saturated heterocycles. The average Bonchev–Trinajstić information content (AvgIpc) is 3.81. The molecule has 55 heavy (non-hydrogen) atoms. The van der Waals surface area contributed by atoms with Crippen LogP contribution in [-0.2, 0) is 0 Å². The van der Waals surface area contributed by atoms with Gasteiger partial charge in [-0.2, -0.15) is 0 Å². The van der Waals surface area contributed by atoms with Crippen LogP contribution in [0.1, 0.15) is 0 Å². The van der Waals surface area contributed by atoms with E-state index in [-0.39, 0.29) is 0 Å². The molecule has 0 atom stereocenters. The van der Waals surface area contributed by atoms with Crippen molar-refractivity contribution in [2.24, 2.45) is 0 Å². The first-order chi connectivity index (χ1) is 27.3. The highest BCUT2D eigenvalue weighted by atomic mass is 16.3. The zero-order valence-electron chi connectivity index (χ0n) is 29.9. The lowest BCUT2D eigenvalue weighted by molar-refractivity contribution is 0.670. The molecule has 0 amide bonds. The van der Waals surface area contributed by atoms with Crippen molar-refractivity contribution < 1.29 is 4.42 Å². The number of benzene rings is 9. The highest BCUT2D eigenvalue weighted by molar-refractivity contribution is 6.17. The minimum Gasteiger partial charge on any atom is -0.455 e. The maximum atomic E-state index is 6.85. The van der Waals surface area contributed by atoms with E-state index in [1.807, 2.05) is 6.07 Å². The largest absolute Gasteiger partial charge is 0.455 e. The number of hydrogen-bond acceptors (Lipinski definition) is 2. The van der Waals surface area contributed by atoms with Gasteiger partial charge < -0.3 is 13.9 Å². The molecule has 0 radical (unpaired) electrons. The molecule has 0 aliphatic carbocycles. The lowest BCUT2D eigenvalue weighted by Gasteiger charge is -2.27. The van der Waals surface area contributed by atoms with Gasteiger partial charge in [-0.15, -0.1) is 0 Å². The van der Waals surface area contributed by atoms with E-state index in [2.05, 4.69) is 210 Å². The van der Waals surface area contributed by atoms with Crippen LogP contribution >= 0.6 is 0 Å². The van der Waals surface area contributed by atoms with Gasteiger partial charge in [0.2, 0.25) is 0 Å². The first-order valence-corrected chi connectivity index (χ1v) is 18.8. The molecule has 0 aliphatic heterocycles. The minimum absolute atomic E-state index is 0.865. The fraction of sp³-hybridized carbons (Fsp3) is 0. The highest BCUT2D eigenvalue weighted by Gasteiger charge is 2.22. The lowest BCUT2D eigenvalue weighted by Crippen LogP contribution is -2.10. The summed E-state index contributed by atoms with van der Waals surface area (Å²) >= 11 is 0. The van der Waals surface area contributed by atoms with Crippen molar-refractivity contribution in [3.05, 3.63) is 206 Å². The molecule has 0 bridgehead atoms. The van der Waals surface area contributed by atoms with E-state index in [4.69, 9.17) is 4.42 Å². The van der Waals surface area contributed by atoms with Crippen LogP contribution in [0.25, 0.3) is 82.5 Å². The number of furan rings is 1. The van der Waals surface area contributed by atoms with Gasteiger partial charge in [0, 0.05) is 38.8 Å². The van der Waals surface area contributed by atoms with Crippen LogP contribution in [0.3, 0.4) is 0 Å². The molecule has 0 unspecified atom stereocenters. The standard InChI is InChI=1S/C52H34N2O/c1-2-16-40(17-3-1)53(41-29-27-36(28-30-41)38-26-25-35-13-4-5-14-37(35)33-38)49-32-31-43(52-51(49)46-21-8-11-24-50(46)55-52)39-15-12-18-42(34-39)54-47-22-9-6-19-44(47)45-20-7-10-23-48(45)54/h1-34H. The van der Waals surface area contributed by atoms with Gasteiger partial charge in [-0.1, -0.05) is 133 Å². The van der Waals surface area contributed by atoms with Gasteiger partial charge >= 0.3 is 0 Å². The molecule has 9 aromatic carbocycles. The fourth-order valence-electron chi connectivity index (χ4n) is 8.41. The zero-order chi connectivity index (χ0) is 36.3. The molecule has 0 fully saturated rings. The topological polar surface area (TPSA) is 21.3 Å². The van der Waals surface area contributed by atoms with Crippen LogP contribution in [0.5, 0.6) is 0 Å². The van der Waals surface area contributed by atoms with Crippen LogP contribution in [0.2, 0.25) is 0 Å². The Kier molecular flexibility index (Phi) is 7.17. The minimum atomic E-state index is 0.865. The van der Waals surface area contributed by atoms with Gasteiger partial charge in [0.25, 0.3) is 0 Å². The van der Waals surface area contributed by atoms with E-state index < -0.39 is 0 Å². The first-order valence-electron chi connectivity index (χ1n) is 18.8. The van der Waals surface area contributed by atoms with Crippen molar-refractivity contribution in [2.45, 2.75) is 0 Å². The van der Waals surface area contributed by atoms with E-state index in [1.54, 1.807) is 0 Å². The number of para-hydroxylation sites is 4. The molecular weight excluding hydrogens is 669 g/mol. The summed E-state index contributed by atoms with van der Waals surface area (Å²) in [5.41, 5.74) is 13.0. The van der Waals surface area contributed by atoms with Crippen LogP contribution in [0, 0.1) is 0 Å². The van der Waals surface area contributed by atoms with Crippen molar-refractivity contribution in [3.63, 3.8) is 0 Å². The van der Waals surface area contributed by atoms with Crippen molar-refractivity contribution in [1.82, 2.24) is 4.57 Å². The first kappa shape index (κ1) is 31.2. The van der Waals surface area contributed by atoms with E-state index in [9.17, 15) is 0 Å². The van der Waals surface area contributed by atoms with Crippen molar-refractivity contribution in [1.29, 1.82) is 0 Å². The zero-order valence-corrected chi connectivity index (χ0v) is 29.9. The second kappa shape index (κ2) is 12.6. The molecule has 2 aromatic heterocycles. The molecule has 258 valence electrons. The van der Waals surface area contributed by atoms with Crippen LogP contribution in [0.15, 0.2) is 211 Å². The summed E-state index contributed by atoms with van der Waals surface area (Å²) in [4.78, 5) is 2.35. The third-order valence-electron chi connectivity index (χ3n) is 11.0. The number of aromatic nitrogens is 1. The summed E-state index contributed by atoms with van der Waals surface area (Å²) in [6, 6.07) is 73.8. The average molecular weight is 703 g/mol. The third kappa shape index (κ3) is 5.13. The number of anilines is 3. The number of fused-ring (bicyclic) bond motifs is 7. The Hall–Kier alpha value is -7.36. The normalized spacial score (nSPS) is 11.6. The van der Waals surface area contributed by atoms with Crippen molar-refractivity contribution in [2.75, 3.05) is 4.90 Å². The molecule has 0 N–H and O–H groups in total. The van der Waals surface area contributed by atoms with Gasteiger partial charge in [-0.25, -0.2) is 0 Å². The second-order valence-electron chi connectivity index (χ2n) is 14.1. The Morgan fingerprint density at radius 2 is 1.04 bits per heavy atom. The van der Waals surface area contributed by atoms with Gasteiger partial charge in [-0.3, -0.25) is 0 Å². The molecule has 3 nitrogen and oxygen atoms in total. The summed E-state index contributed by atoms with van der Waals surface area (Å²) in [6.07, 6.45) is 0. The Labute approximate surface area is 318 Å². The van der Waals surface area contributed by atoms with Crippen LogP contribution in [0.4, 0.5) is 17.1 Å². The molecular formula is C52H34N2O. The second-order valence-corrected chi connectivity index (χ2v) is 14.1. The van der Waals surface area contributed by atoms with Gasteiger partial charge in [0.05, 0.1) is 22.1 Å². The smallest absolute Gasteiger partial charge is 0.145 e. The van der Waals surface area contributed by atoms with Gasteiger partial charge in [0.15, 0.2) is 0 Å². The summed E-state index contributed by atoms with van der Waals surface area (Å²) in [7, 11) is 0. The molecule has 0 spiro atoms. The van der Waals surface area contributed by atoms with Crippen molar-refractivity contribution >= 4 is 71.6 Å². The molecule has 11 aromatic rings. The summed E-state index contributed by atoms with van der Waals surface area (Å²) in [6.45, 7) is 0. The Balaban J connectivity index is 1.08. The quantitative estimate of drug-likeness (QED) is 0.172. The van der Waals surface area contributed by atoms with Gasteiger partial charge in [0.1, 0.15) is 11.2 Å². The Morgan fingerprint density at radius 3 is 1.82 bits per heavy atom. The monoisotopic (exact) mass is 702 g/mol. The van der Waals surface area contributed by atoms with E-state index in [0.717, 1.165) is 55.8 Å². The number of nitrogens with zero attached hydrogens (tertiary/aromatic N) is 2. The van der Waals surface area contributed by atoms with Gasteiger partial charge in [-0.05, 0) is 100 Å². The molecule has 0 aliphatic rings. The van der Waals surface area contributed by atoms with E-state index >= 15 is 0 Å². The van der Waals surface area contributed by atoms with E-state index in [1.165, 1.54) is 43.7 Å². The lowest BCUT2D eigenvalue weighted by atomic mass is 9.98. The summed E-state index contributed by atoms with van der Waals surface area (Å²) < 4.78 is 9.22. The summed E-state index contributed by atoms with van der Waals surface area (Å²) in [5.74, 6) is 0. The maximum Gasteiger partial charge on any atom is 0.145 e. The molecule has 0 saturated carbocycles. The SMILES string of the molecule is c1ccc(N(c2ccc(-c3ccc4ccccc4c3)cc2)c2ccc(-c3cccc(-n4c5ccccc5c5ccccc54)c3)c3oc4ccccc4c23)cc1. The summed E-state index contributed by atoms with van der Waals surface area (Å²) in [5, 5.41) is 7.15. The predicted molar refractivity (Wildman–Crippen MR) is 231 cm³/mol. The highest BCUT2D eigenvalue weighted by Crippen LogP contribution is 2.46. The Morgan fingerprint density at radius 1 is 0.400 bits per heavy atom. The third-order valence-corrected chi connectivity index (χ3v) is 11.0. The Bertz CT molecular complexity index is 3150. The van der Waals surface area contributed by atoms with Crippen LogP contribution in [-0.4, -0.2) is 4.57 Å². The van der Waals surface area contributed by atoms with Crippen molar-refractivity contribution in [3.8, 4) is 27.9 Å². The molecule has 2 heterocycles. The fourth-order valence-corrected chi connectivity index (χ4v) is 8.41.